The number of benzene rings is 1. The molecule has 2 atom stereocenters. The summed E-state index contributed by atoms with van der Waals surface area (Å²) in [5.74, 6) is 0.908. The van der Waals surface area contributed by atoms with Crippen molar-refractivity contribution in [3.8, 4) is 11.5 Å². The first-order chi connectivity index (χ1) is 16.2. The van der Waals surface area contributed by atoms with Gasteiger partial charge in [0.05, 0.1) is 39.7 Å². The molecule has 0 fully saturated rings. The Hall–Kier alpha value is -2.91. The molecule has 34 heavy (non-hydrogen) atoms. The molecular weight excluding hydrogens is 485 g/mol. The number of halogens is 2. The van der Waals surface area contributed by atoms with Crippen LogP contribution in [0.5, 0.6) is 11.5 Å². The lowest BCUT2D eigenvalue weighted by Gasteiger charge is -2.42. The summed E-state index contributed by atoms with van der Waals surface area (Å²) in [6.07, 6.45) is -0.617. The Morgan fingerprint density at radius 1 is 1.09 bits per heavy atom. The van der Waals surface area contributed by atoms with Gasteiger partial charge in [-0.3, -0.25) is 9.80 Å². The van der Waals surface area contributed by atoms with Crippen molar-refractivity contribution in [2.75, 3.05) is 32.8 Å². The monoisotopic (exact) mass is 511 g/mol. The number of rotatable bonds is 6. The van der Waals surface area contributed by atoms with Crippen LogP contribution in [0.3, 0.4) is 0 Å². The van der Waals surface area contributed by atoms with Crippen molar-refractivity contribution >= 4 is 41.1 Å². The summed E-state index contributed by atoms with van der Waals surface area (Å²) in [6, 6.07) is 5.98. The fourth-order valence-electron chi connectivity index (χ4n) is 4.14. The second kappa shape index (κ2) is 11.0. The van der Waals surface area contributed by atoms with E-state index in [1.807, 2.05) is 6.92 Å². The molecule has 3 rings (SSSR count). The van der Waals surface area contributed by atoms with Gasteiger partial charge in [0.25, 0.3) is 0 Å². The molecule has 0 saturated carbocycles. The first-order valence-corrected chi connectivity index (χ1v) is 11.4. The van der Waals surface area contributed by atoms with Crippen LogP contribution >= 0.6 is 23.2 Å². The zero-order valence-electron chi connectivity index (χ0n) is 19.6. The van der Waals surface area contributed by atoms with Gasteiger partial charge in [-0.05, 0) is 44.0 Å². The van der Waals surface area contributed by atoms with E-state index in [4.69, 9.17) is 42.1 Å². The normalized spacial score (nSPS) is 17.0. The number of pyridine rings is 1. The lowest BCUT2D eigenvalue weighted by atomic mass is 9.90. The zero-order chi connectivity index (χ0) is 25.0. The number of amides is 2. The Morgan fingerprint density at radius 3 is 2.26 bits per heavy atom. The number of carbonyl (C=O) groups is 2. The SMILES string of the molecule is CCOC(=O)N1c2cc(OC)c(OC)cc2[C@H](N(Cc2cc(Cl)nc(Cl)c2)C(=O)OC)C[C@@H]1C. The smallest absolute Gasteiger partial charge is 0.414 e. The molecule has 0 saturated heterocycles. The Labute approximate surface area is 208 Å². The molecule has 0 spiro atoms. The number of methoxy groups -OCH3 is 3. The molecule has 2 aromatic rings. The summed E-state index contributed by atoms with van der Waals surface area (Å²) in [5.41, 5.74) is 1.91. The van der Waals surface area contributed by atoms with Crippen molar-refractivity contribution in [1.29, 1.82) is 0 Å². The van der Waals surface area contributed by atoms with E-state index < -0.39 is 18.2 Å². The molecule has 9 nitrogen and oxygen atoms in total. The third-order valence-electron chi connectivity index (χ3n) is 5.58. The Kier molecular flexibility index (Phi) is 8.33. The highest BCUT2D eigenvalue weighted by Gasteiger charge is 2.40. The van der Waals surface area contributed by atoms with Gasteiger partial charge in [0.15, 0.2) is 11.5 Å². The van der Waals surface area contributed by atoms with Gasteiger partial charge in [-0.2, -0.15) is 0 Å². The van der Waals surface area contributed by atoms with Crippen LogP contribution < -0.4 is 14.4 Å². The topological polar surface area (TPSA) is 90.4 Å². The minimum absolute atomic E-state index is 0.152. The second-order valence-electron chi connectivity index (χ2n) is 7.65. The maximum atomic E-state index is 13.0. The lowest BCUT2D eigenvalue weighted by molar-refractivity contribution is 0.0941. The molecule has 11 heteroatoms. The molecule has 1 aliphatic heterocycles. The molecule has 2 heterocycles. The van der Waals surface area contributed by atoms with Crippen molar-refractivity contribution in [3.05, 3.63) is 45.7 Å². The number of carbonyl (C=O) groups excluding carboxylic acids is 2. The van der Waals surface area contributed by atoms with Crippen LogP contribution in [-0.2, 0) is 16.0 Å². The lowest BCUT2D eigenvalue weighted by Crippen LogP contribution is -2.47. The van der Waals surface area contributed by atoms with Gasteiger partial charge in [0.1, 0.15) is 10.3 Å². The molecule has 184 valence electrons. The molecule has 0 unspecified atom stereocenters. The molecule has 0 aliphatic carbocycles. The number of nitrogens with zero attached hydrogens (tertiary/aromatic N) is 3. The standard InChI is InChI=1S/C23H27Cl2N3O6/c1-6-34-23(30)28-13(2)7-16(15-10-18(31-3)19(32-4)11-17(15)28)27(22(29)33-5)12-14-8-20(24)26-21(25)9-14/h8-11,13,16H,6-7,12H2,1-5H3/t13-,16+/m0/s1. The molecule has 0 N–H and O–H groups in total. The molecule has 1 aromatic heterocycles. The van der Waals surface area contributed by atoms with E-state index in [0.29, 0.717) is 34.7 Å². The number of hydrogen-bond acceptors (Lipinski definition) is 7. The number of hydrogen-bond donors (Lipinski definition) is 0. The second-order valence-corrected chi connectivity index (χ2v) is 8.43. The number of aromatic nitrogens is 1. The van der Waals surface area contributed by atoms with E-state index in [0.717, 1.165) is 0 Å². The van der Waals surface area contributed by atoms with Crippen LogP contribution in [0.4, 0.5) is 15.3 Å². The average Bonchev–Trinajstić information content (AvgIpc) is 2.80. The van der Waals surface area contributed by atoms with Gasteiger partial charge in [-0.25, -0.2) is 14.6 Å². The van der Waals surface area contributed by atoms with Gasteiger partial charge in [-0.15, -0.1) is 0 Å². The fourth-order valence-corrected chi connectivity index (χ4v) is 4.65. The van der Waals surface area contributed by atoms with Crippen LogP contribution in [0.25, 0.3) is 0 Å². The highest BCUT2D eigenvalue weighted by atomic mass is 35.5. The summed E-state index contributed by atoms with van der Waals surface area (Å²) in [4.78, 5) is 32.9. The van der Waals surface area contributed by atoms with E-state index in [1.165, 1.54) is 21.3 Å². The van der Waals surface area contributed by atoms with E-state index >= 15 is 0 Å². The van der Waals surface area contributed by atoms with E-state index in [2.05, 4.69) is 4.98 Å². The average molecular weight is 512 g/mol. The summed E-state index contributed by atoms with van der Waals surface area (Å²) in [7, 11) is 4.35. The van der Waals surface area contributed by atoms with Crippen LogP contribution in [0, 0.1) is 0 Å². The Bertz CT molecular complexity index is 1050. The Balaban J connectivity index is 2.15. The minimum atomic E-state index is -0.549. The largest absolute Gasteiger partial charge is 0.493 e. The molecule has 2 amide bonds. The van der Waals surface area contributed by atoms with Gasteiger partial charge >= 0.3 is 12.2 Å². The predicted octanol–water partition coefficient (Wildman–Crippen LogP) is 5.47. The van der Waals surface area contributed by atoms with Gasteiger partial charge in [0.2, 0.25) is 0 Å². The van der Waals surface area contributed by atoms with Crippen molar-refractivity contribution in [2.24, 2.45) is 0 Å². The van der Waals surface area contributed by atoms with E-state index in [9.17, 15) is 9.59 Å². The van der Waals surface area contributed by atoms with Crippen LogP contribution in [-0.4, -0.2) is 56.0 Å². The van der Waals surface area contributed by atoms with Gasteiger partial charge < -0.3 is 18.9 Å². The van der Waals surface area contributed by atoms with Crippen molar-refractivity contribution in [2.45, 2.75) is 38.9 Å². The minimum Gasteiger partial charge on any atom is -0.493 e. The maximum Gasteiger partial charge on any atom is 0.414 e. The fraction of sp³-hybridized carbons (Fsp3) is 0.435. The predicted molar refractivity (Wildman–Crippen MR) is 128 cm³/mol. The maximum absolute atomic E-state index is 13.0. The first-order valence-electron chi connectivity index (χ1n) is 10.6. The van der Waals surface area contributed by atoms with Gasteiger partial charge in [0, 0.05) is 24.2 Å². The molecule has 1 aliphatic rings. The van der Waals surface area contributed by atoms with E-state index in [-0.39, 0.29) is 29.5 Å². The number of fused-ring (bicyclic) bond motifs is 1. The number of anilines is 1. The molecule has 0 radical (unpaired) electrons. The van der Waals surface area contributed by atoms with Crippen molar-refractivity contribution in [1.82, 2.24) is 9.88 Å². The van der Waals surface area contributed by atoms with Crippen molar-refractivity contribution in [3.63, 3.8) is 0 Å². The first kappa shape index (κ1) is 25.7. The molecular formula is C23H27Cl2N3O6. The van der Waals surface area contributed by atoms with E-state index in [1.54, 1.807) is 41.0 Å². The third-order valence-corrected chi connectivity index (χ3v) is 5.97. The zero-order valence-corrected chi connectivity index (χ0v) is 21.1. The third kappa shape index (κ3) is 5.26. The van der Waals surface area contributed by atoms with Crippen molar-refractivity contribution < 1.29 is 28.5 Å². The van der Waals surface area contributed by atoms with Crippen LogP contribution in [0.1, 0.15) is 37.4 Å². The molecule has 0 bridgehead atoms. The number of ether oxygens (including phenoxy) is 4. The summed E-state index contributed by atoms with van der Waals surface area (Å²) < 4.78 is 21.4. The highest BCUT2D eigenvalue weighted by Crippen LogP contribution is 2.46. The van der Waals surface area contributed by atoms with Crippen LogP contribution in [0.15, 0.2) is 24.3 Å². The quantitative estimate of drug-likeness (QED) is 0.474. The van der Waals surface area contributed by atoms with Crippen LogP contribution in [0.2, 0.25) is 10.3 Å². The van der Waals surface area contributed by atoms with Gasteiger partial charge in [-0.1, -0.05) is 23.2 Å². The molecule has 1 aromatic carbocycles. The summed E-state index contributed by atoms with van der Waals surface area (Å²) >= 11 is 12.1. The summed E-state index contributed by atoms with van der Waals surface area (Å²) in [6.45, 7) is 4.01. The highest BCUT2D eigenvalue weighted by molar-refractivity contribution is 6.32. The Morgan fingerprint density at radius 2 is 1.71 bits per heavy atom. The summed E-state index contributed by atoms with van der Waals surface area (Å²) in [5, 5.41) is 0.425.